The van der Waals surface area contributed by atoms with Gasteiger partial charge >= 0.3 is 5.97 Å². The van der Waals surface area contributed by atoms with Gasteiger partial charge in [-0.05, 0) is 23.3 Å². The van der Waals surface area contributed by atoms with Crippen molar-refractivity contribution in [1.82, 2.24) is 5.32 Å². The molecule has 144 valence electrons. The molecule has 0 fully saturated rings. The Morgan fingerprint density at radius 2 is 1.78 bits per heavy atom. The summed E-state index contributed by atoms with van der Waals surface area (Å²) in [4.78, 5) is 24.8. The lowest BCUT2D eigenvalue weighted by Gasteiger charge is -2.21. The Bertz CT molecular complexity index is 781. The van der Waals surface area contributed by atoms with E-state index in [0.29, 0.717) is 16.3 Å². The third-order valence-electron chi connectivity index (χ3n) is 4.03. The zero-order valence-corrected chi connectivity index (χ0v) is 16.2. The Balaban J connectivity index is 2.17. The summed E-state index contributed by atoms with van der Waals surface area (Å²) < 4.78 is 15.3. The molecule has 0 spiro atoms. The first-order chi connectivity index (χ1) is 13.0. The lowest BCUT2D eigenvalue weighted by Crippen LogP contribution is -2.45. The number of ether oxygens (including phenoxy) is 3. The van der Waals surface area contributed by atoms with Crippen LogP contribution in [-0.4, -0.2) is 39.2 Å². The molecule has 0 aliphatic carbocycles. The first kappa shape index (κ1) is 20.7. The average molecular weight is 392 g/mol. The number of carbonyl (C=O) groups excluding carboxylic acids is 2. The molecule has 27 heavy (non-hydrogen) atoms. The summed E-state index contributed by atoms with van der Waals surface area (Å²) in [5.74, 6) is -0.459. The summed E-state index contributed by atoms with van der Waals surface area (Å²) in [6, 6.07) is 13.3. The summed E-state index contributed by atoms with van der Waals surface area (Å²) >= 11 is 6.14. The van der Waals surface area contributed by atoms with E-state index in [9.17, 15) is 9.59 Å². The molecule has 2 aromatic rings. The van der Waals surface area contributed by atoms with Crippen molar-refractivity contribution in [3.8, 4) is 5.75 Å². The Morgan fingerprint density at radius 1 is 1.07 bits per heavy atom. The van der Waals surface area contributed by atoms with Crippen LogP contribution in [0, 0.1) is 0 Å². The van der Waals surface area contributed by atoms with E-state index in [1.54, 1.807) is 30.3 Å². The van der Waals surface area contributed by atoms with Gasteiger partial charge in [0, 0.05) is 13.5 Å². The Morgan fingerprint density at radius 3 is 2.33 bits per heavy atom. The molecule has 0 bridgehead atoms. The van der Waals surface area contributed by atoms with Gasteiger partial charge in [0.25, 0.3) is 5.91 Å². The maximum absolute atomic E-state index is 12.7. The second-order valence-electron chi connectivity index (χ2n) is 5.78. The standard InChI is InChI=1S/C20H22ClNO5/c1-25-17-10-9-13(11-15(17)21)12-16(20(24)27-3)22-19(23)18(26-2)14-7-5-4-6-8-14/h4-11,16,18H,12H2,1-3H3,(H,22,23)/t16-,18+/m0/s1. The van der Waals surface area contributed by atoms with E-state index in [-0.39, 0.29) is 6.42 Å². The van der Waals surface area contributed by atoms with Crippen LogP contribution in [0.4, 0.5) is 0 Å². The van der Waals surface area contributed by atoms with Crippen molar-refractivity contribution in [2.45, 2.75) is 18.6 Å². The number of hydrogen-bond acceptors (Lipinski definition) is 5. The van der Waals surface area contributed by atoms with Crippen molar-refractivity contribution in [3.63, 3.8) is 0 Å². The van der Waals surface area contributed by atoms with Crippen LogP contribution >= 0.6 is 11.6 Å². The van der Waals surface area contributed by atoms with E-state index in [0.717, 1.165) is 5.56 Å². The molecule has 0 heterocycles. The van der Waals surface area contributed by atoms with Gasteiger partial charge in [-0.15, -0.1) is 0 Å². The molecule has 1 N–H and O–H groups in total. The highest BCUT2D eigenvalue weighted by Gasteiger charge is 2.27. The smallest absolute Gasteiger partial charge is 0.328 e. The van der Waals surface area contributed by atoms with Crippen molar-refractivity contribution in [2.24, 2.45) is 0 Å². The normalized spacial score (nSPS) is 12.7. The van der Waals surface area contributed by atoms with Crippen molar-refractivity contribution >= 4 is 23.5 Å². The number of rotatable bonds is 8. The molecule has 2 aromatic carbocycles. The molecular weight excluding hydrogens is 370 g/mol. The highest BCUT2D eigenvalue weighted by Crippen LogP contribution is 2.25. The van der Waals surface area contributed by atoms with Crippen LogP contribution in [0.1, 0.15) is 17.2 Å². The van der Waals surface area contributed by atoms with Crippen LogP contribution < -0.4 is 10.1 Å². The molecule has 7 heteroatoms. The van der Waals surface area contributed by atoms with Crippen LogP contribution in [0.15, 0.2) is 48.5 Å². The maximum atomic E-state index is 12.7. The molecule has 6 nitrogen and oxygen atoms in total. The predicted octanol–water partition coefficient (Wildman–Crippen LogP) is 2.94. The number of nitrogens with one attached hydrogen (secondary N) is 1. The molecule has 0 aliphatic heterocycles. The number of benzene rings is 2. The van der Waals surface area contributed by atoms with Gasteiger partial charge < -0.3 is 19.5 Å². The van der Waals surface area contributed by atoms with Crippen LogP contribution in [0.2, 0.25) is 5.02 Å². The summed E-state index contributed by atoms with van der Waals surface area (Å²) in [7, 11) is 4.23. The van der Waals surface area contributed by atoms with E-state index < -0.39 is 24.0 Å². The van der Waals surface area contributed by atoms with Gasteiger partial charge in [0.1, 0.15) is 11.8 Å². The van der Waals surface area contributed by atoms with E-state index in [1.807, 2.05) is 18.2 Å². The minimum atomic E-state index is -0.881. The first-order valence-corrected chi connectivity index (χ1v) is 8.66. The second-order valence-corrected chi connectivity index (χ2v) is 6.19. The SMILES string of the molecule is COC(=O)[C@H](Cc1ccc(OC)c(Cl)c1)NC(=O)[C@H](OC)c1ccccc1. The number of halogens is 1. The molecule has 0 aliphatic rings. The maximum Gasteiger partial charge on any atom is 0.328 e. The number of methoxy groups -OCH3 is 3. The lowest BCUT2D eigenvalue weighted by atomic mass is 10.0. The second kappa shape index (κ2) is 9.94. The van der Waals surface area contributed by atoms with E-state index in [1.165, 1.54) is 21.3 Å². The van der Waals surface area contributed by atoms with Gasteiger partial charge in [-0.2, -0.15) is 0 Å². The first-order valence-electron chi connectivity index (χ1n) is 8.28. The van der Waals surface area contributed by atoms with Crippen LogP contribution in [0.25, 0.3) is 0 Å². The number of hydrogen-bond donors (Lipinski definition) is 1. The van der Waals surface area contributed by atoms with Crippen molar-refractivity contribution in [1.29, 1.82) is 0 Å². The largest absolute Gasteiger partial charge is 0.495 e. The lowest BCUT2D eigenvalue weighted by molar-refractivity contribution is -0.146. The van der Waals surface area contributed by atoms with Crippen molar-refractivity contribution in [3.05, 3.63) is 64.7 Å². The quantitative estimate of drug-likeness (QED) is 0.700. The molecule has 2 rings (SSSR count). The van der Waals surface area contributed by atoms with Crippen LogP contribution in [-0.2, 0) is 25.5 Å². The Kier molecular flexibility index (Phi) is 7.64. The summed E-state index contributed by atoms with van der Waals surface area (Å²) in [5.41, 5.74) is 1.44. The molecule has 0 saturated heterocycles. The molecule has 1 amide bonds. The topological polar surface area (TPSA) is 73.9 Å². The van der Waals surface area contributed by atoms with Crippen molar-refractivity contribution in [2.75, 3.05) is 21.3 Å². The van der Waals surface area contributed by atoms with Gasteiger partial charge in [-0.25, -0.2) is 4.79 Å². The van der Waals surface area contributed by atoms with Gasteiger partial charge in [-0.3, -0.25) is 4.79 Å². The minimum Gasteiger partial charge on any atom is -0.495 e. The van der Waals surface area contributed by atoms with Gasteiger partial charge in [-0.1, -0.05) is 48.0 Å². The number of esters is 1. The summed E-state index contributed by atoms with van der Waals surface area (Å²) in [6.45, 7) is 0. The number of amides is 1. The fourth-order valence-electron chi connectivity index (χ4n) is 2.68. The molecule has 0 radical (unpaired) electrons. The van der Waals surface area contributed by atoms with Gasteiger partial charge in [0.2, 0.25) is 0 Å². The Labute approximate surface area is 163 Å². The van der Waals surface area contributed by atoms with E-state index in [2.05, 4.69) is 5.32 Å². The minimum absolute atomic E-state index is 0.216. The zero-order chi connectivity index (χ0) is 19.8. The third kappa shape index (κ3) is 5.45. The summed E-state index contributed by atoms with van der Waals surface area (Å²) in [6.07, 6.45) is -0.620. The highest BCUT2D eigenvalue weighted by atomic mass is 35.5. The third-order valence-corrected chi connectivity index (χ3v) is 4.33. The Hall–Kier alpha value is -2.57. The zero-order valence-electron chi connectivity index (χ0n) is 15.4. The van der Waals surface area contributed by atoms with E-state index >= 15 is 0 Å². The molecule has 2 atom stereocenters. The monoisotopic (exact) mass is 391 g/mol. The van der Waals surface area contributed by atoms with E-state index in [4.69, 9.17) is 25.8 Å². The predicted molar refractivity (Wildman–Crippen MR) is 102 cm³/mol. The van der Waals surface area contributed by atoms with Crippen LogP contribution in [0.5, 0.6) is 5.75 Å². The fraction of sp³-hybridized carbons (Fsp3) is 0.300. The highest BCUT2D eigenvalue weighted by molar-refractivity contribution is 6.32. The van der Waals surface area contributed by atoms with Crippen molar-refractivity contribution < 1.29 is 23.8 Å². The molecular formula is C20H22ClNO5. The average Bonchev–Trinajstić information content (AvgIpc) is 2.68. The summed E-state index contributed by atoms with van der Waals surface area (Å²) in [5, 5.41) is 3.12. The number of carbonyl (C=O) groups is 2. The van der Waals surface area contributed by atoms with Crippen LogP contribution in [0.3, 0.4) is 0 Å². The molecule has 0 aromatic heterocycles. The molecule has 0 unspecified atom stereocenters. The molecule has 0 saturated carbocycles. The van der Waals surface area contributed by atoms with Gasteiger partial charge in [0.05, 0.1) is 19.2 Å². The fourth-order valence-corrected chi connectivity index (χ4v) is 2.96. The van der Waals surface area contributed by atoms with Gasteiger partial charge in [0.15, 0.2) is 6.10 Å².